The summed E-state index contributed by atoms with van der Waals surface area (Å²) in [5, 5.41) is 8.74. The zero-order valence-corrected chi connectivity index (χ0v) is 7.55. The number of hydrogen-bond acceptors (Lipinski definition) is 1. The van der Waals surface area contributed by atoms with Crippen LogP contribution in [0.4, 0.5) is 0 Å². The molecule has 66 valence electrons. The molecule has 1 rings (SSSR count). The minimum atomic E-state index is 0.390. The molecule has 0 aromatic rings. The zero-order chi connectivity index (χ0) is 8.10. The lowest BCUT2D eigenvalue weighted by molar-refractivity contribution is 0.204. The normalized spacial score (nSPS) is 32.2. The van der Waals surface area contributed by atoms with Gasteiger partial charge in [0, 0.05) is 6.61 Å². The Labute approximate surface area is 69.8 Å². The summed E-state index contributed by atoms with van der Waals surface area (Å²) >= 11 is 0. The van der Waals surface area contributed by atoms with Crippen LogP contribution in [-0.4, -0.2) is 11.7 Å². The maximum absolute atomic E-state index is 8.74. The largest absolute Gasteiger partial charge is 0.396 e. The van der Waals surface area contributed by atoms with Gasteiger partial charge in [0.2, 0.25) is 0 Å². The van der Waals surface area contributed by atoms with Crippen molar-refractivity contribution in [2.45, 2.75) is 45.4 Å². The second kappa shape index (κ2) is 4.76. The molecule has 0 amide bonds. The van der Waals surface area contributed by atoms with Gasteiger partial charge in [-0.05, 0) is 18.3 Å². The molecule has 1 aliphatic rings. The van der Waals surface area contributed by atoms with E-state index in [4.69, 9.17) is 5.11 Å². The fraction of sp³-hybridized carbons (Fsp3) is 1.00. The minimum absolute atomic E-state index is 0.390. The first-order valence-corrected chi connectivity index (χ1v) is 4.97. The van der Waals surface area contributed by atoms with Crippen LogP contribution in [0.1, 0.15) is 45.4 Å². The summed E-state index contributed by atoms with van der Waals surface area (Å²) in [6.07, 6.45) is 7.92. The Hall–Kier alpha value is -0.0400. The van der Waals surface area contributed by atoms with E-state index >= 15 is 0 Å². The van der Waals surface area contributed by atoms with Crippen LogP contribution in [0.5, 0.6) is 0 Å². The van der Waals surface area contributed by atoms with Gasteiger partial charge in [0.05, 0.1) is 0 Å². The van der Waals surface area contributed by atoms with Crippen LogP contribution in [0.25, 0.3) is 0 Å². The molecule has 0 unspecified atom stereocenters. The Balaban J connectivity index is 2.14. The molecule has 0 radical (unpaired) electrons. The number of hydrogen-bond donors (Lipinski definition) is 1. The van der Waals surface area contributed by atoms with E-state index < -0.39 is 0 Å². The molecule has 0 aliphatic heterocycles. The molecule has 0 aromatic carbocycles. The van der Waals surface area contributed by atoms with E-state index in [0.29, 0.717) is 6.61 Å². The molecule has 0 spiro atoms. The smallest absolute Gasteiger partial charge is 0.0433 e. The Morgan fingerprint density at radius 3 is 2.09 bits per heavy atom. The fourth-order valence-electron chi connectivity index (χ4n) is 2.11. The first-order chi connectivity index (χ1) is 5.36. The summed E-state index contributed by atoms with van der Waals surface area (Å²) in [5.41, 5.74) is 0. The quantitative estimate of drug-likeness (QED) is 0.666. The van der Waals surface area contributed by atoms with E-state index in [9.17, 15) is 0 Å². The first kappa shape index (κ1) is 9.05. The summed E-state index contributed by atoms with van der Waals surface area (Å²) in [6, 6.07) is 0. The van der Waals surface area contributed by atoms with Crippen molar-refractivity contribution in [3.8, 4) is 0 Å². The van der Waals surface area contributed by atoms with E-state index in [1.54, 1.807) is 0 Å². The number of aliphatic hydroxyl groups excluding tert-OH is 1. The summed E-state index contributed by atoms with van der Waals surface area (Å²) in [6.45, 7) is 2.68. The van der Waals surface area contributed by atoms with Gasteiger partial charge < -0.3 is 5.11 Å². The highest BCUT2D eigenvalue weighted by Crippen LogP contribution is 2.31. The monoisotopic (exact) mass is 156 g/mol. The maximum atomic E-state index is 8.74. The van der Waals surface area contributed by atoms with Crippen LogP contribution >= 0.6 is 0 Å². The van der Waals surface area contributed by atoms with Crippen molar-refractivity contribution in [1.82, 2.24) is 0 Å². The van der Waals surface area contributed by atoms with Crippen LogP contribution in [0.2, 0.25) is 0 Å². The van der Waals surface area contributed by atoms with Gasteiger partial charge >= 0.3 is 0 Å². The maximum Gasteiger partial charge on any atom is 0.0433 e. The summed E-state index contributed by atoms with van der Waals surface area (Å²) in [7, 11) is 0. The molecule has 0 saturated heterocycles. The molecule has 11 heavy (non-hydrogen) atoms. The second-order valence-electron chi connectivity index (χ2n) is 3.81. The van der Waals surface area contributed by atoms with Gasteiger partial charge in [0.1, 0.15) is 0 Å². The number of rotatable bonds is 3. The Morgan fingerprint density at radius 2 is 1.64 bits per heavy atom. The first-order valence-electron chi connectivity index (χ1n) is 4.97. The van der Waals surface area contributed by atoms with Crippen molar-refractivity contribution < 1.29 is 5.11 Å². The molecule has 0 heterocycles. The van der Waals surface area contributed by atoms with Gasteiger partial charge in [0.15, 0.2) is 0 Å². The van der Waals surface area contributed by atoms with Crippen molar-refractivity contribution >= 4 is 0 Å². The molecule has 1 fully saturated rings. The molecular weight excluding hydrogens is 136 g/mol. The SMILES string of the molecule is CCC1CCC(CCO)CC1. The fourth-order valence-corrected chi connectivity index (χ4v) is 2.11. The van der Waals surface area contributed by atoms with Crippen molar-refractivity contribution in [3.05, 3.63) is 0 Å². The lowest BCUT2D eigenvalue weighted by Crippen LogP contribution is -2.14. The second-order valence-corrected chi connectivity index (χ2v) is 3.81. The van der Waals surface area contributed by atoms with Gasteiger partial charge in [-0.15, -0.1) is 0 Å². The molecule has 1 saturated carbocycles. The predicted octanol–water partition coefficient (Wildman–Crippen LogP) is 2.59. The van der Waals surface area contributed by atoms with Gasteiger partial charge in [-0.3, -0.25) is 0 Å². The average molecular weight is 156 g/mol. The van der Waals surface area contributed by atoms with Gasteiger partial charge in [-0.25, -0.2) is 0 Å². The third kappa shape index (κ3) is 2.82. The third-order valence-electron chi connectivity index (χ3n) is 3.08. The molecular formula is C10H20O. The van der Waals surface area contributed by atoms with E-state index in [-0.39, 0.29) is 0 Å². The topological polar surface area (TPSA) is 20.2 Å². The van der Waals surface area contributed by atoms with E-state index in [1.807, 2.05) is 0 Å². The highest BCUT2D eigenvalue weighted by atomic mass is 16.3. The summed E-state index contributed by atoms with van der Waals surface area (Å²) in [4.78, 5) is 0. The minimum Gasteiger partial charge on any atom is -0.396 e. The van der Waals surface area contributed by atoms with Gasteiger partial charge in [-0.2, -0.15) is 0 Å². The van der Waals surface area contributed by atoms with Crippen LogP contribution in [0.3, 0.4) is 0 Å². The molecule has 1 nitrogen and oxygen atoms in total. The molecule has 1 aliphatic carbocycles. The summed E-state index contributed by atoms with van der Waals surface area (Å²) < 4.78 is 0. The molecule has 1 N–H and O–H groups in total. The highest BCUT2D eigenvalue weighted by molar-refractivity contribution is 4.71. The Bertz CT molecular complexity index is 93.0. The van der Waals surface area contributed by atoms with Crippen LogP contribution in [0, 0.1) is 11.8 Å². The highest BCUT2D eigenvalue weighted by Gasteiger charge is 2.18. The van der Waals surface area contributed by atoms with Crippen LogP contribution in [0.15, 0.2) is 0 Å². The standard InChI is InChI=1S/C10H20O/c1-2-9-3-5-10(6-4-9)7-8-11/h9-11H,2-8H2,1H3. The lowest BCUT2D eigenvalue weighted by atomic mass is 9.80. The van der Waals surface area contributed by atoms with Crippen molar-refractivity contribution in [2.75, 3.05) is 6.61 Å². The Morgan fingerprint density at radius 1 is 1.09 bits per heavy atom. The van der Waals surface area contributed by atoms with Crippen molar-refractivity contribution in [2.24, 2.45) is 11.8 Å². The van der Waals surface area contributed by atoms with Crippen LogP contribution in [-0.2, 0) is 0 Å². The molecule has 0 aromatic heterocycles. The van der Waals surface area contributed by atoms with Gasteiger partial charge in [-0.1, -0.05) is 39.0 Å². The molecule has 0 bridgehead atoms. The van der Waals surface area contributed by atoms with Crippen molar-refractivity contribution in [3.63, 3.8) is 0 Å². The Kier molecular flexibility index (Phi) is 3.92. The van der Waals surface area contributed by atoms with Crippen LogP contribution < -0.4 is 0 Å². The number of aliphatic hydroxyl groups is 1. The molecule has 0 atom stereocenters. The zero-order valence-electron chi connectivity index (χ0n) is 7.55. The average Bonchev–Trinajstić information content (AvgIpc) is 2.07. The molecule has 1 heteroatoms. The third-order valence-corrected chi connectivity index (χ3v) is 3.08. The van der Waals surface area contributed by atoms with E-state index in [0.717, 1.165) is 18.3 Å². The summed E-state index contributed by atoms with van der Waals surface area (Å²) in [5.74, 6) is 1.83. The van der Waals surface area contributed by atoms with E-state index in [1.165, 1.54) is 32.1 Å². The predicted molar refractivity (Wildman–Crippen MR) is 47.4 cm³/mol. The lowest BCUT2D eigenvalue weighted by Gasteiger charge is -2.27. The van der Waals surface area contributed by atoms with E-state index in [2.05, 4.69) is 6.92 Å². The van der Waals surface area contributed by atoms with Crippen molar-refractivity contribution in [1.29, 1.82) is 0 Å². The van der Waals surface area contributed by atoms with Gasteiger partial charge in [0.25, 0.3) is 0 Å².